The van der Waals surface area contributed by atoms with Crippen LogP contribution in [0.15, 0.2) is 28.7 Å². The Bertz CT molecular complexity index is 342. The molecule has 1 aromatic rings. The standard InChI is InChI=1S/C14H20BrN/c1-16-11-14(8-4-5-9-14)10-12-6-2-3-7-13(12)15/h2-3,6-7,16H,4-5,8-11H2,1H3. The molecule has 1 nitrogen and oxygen atoms in total. The molecule has 1 aliphatic rings. The van der Waals surface area contributed by atoms with E-state index in [0.717, 1.165) is 6.54 Å². The van der Waals surface area contributed by atoms with Crippen molar-refractivity contribution < 1.29 is 0 Å². The monoisotopic (exact) mass is 281 g/mol. The predicted molar refractivity (Wildman–Crippen MR) is 72.7 cm³/mol. The van der Waals surface area contributed by atoms with Crippen molar-refractivity contribution in [1.29, 1.82) is 0 Å². The van der Waals surface area contributed by atoms with Gasteiger partial charge in [-0.05, 0) is 43.4 Å². The molecule has 0 saturated heterocycles. The number of hydrogen-bond acceptors (Lipinski definition) is 1. The SMILES string of the molecule is CNCC1(Cc2ccccc2Br)CCCC1. The van der Waals surface area contributed by atoms with Crippen molar-refractivity contribution >= 4 is 15.9 Å². The van der Waals surface area contributed by atoms with Crippen LogP contribution in [0.25, 0.3) is 0 Å². The molecule has 1 aliphatic carbocycles. The molecule has 1 fully saturated rings. The average Bonchev–Trinajstić information content (AvgIpc) is 2.71. The molecule has 0 radical (unpaired) electrons. The molecule has 1 saturated carbocycles. The lowest BCUT2D eigenvalue weighted by molar-refractivity contribution is 0.285. The quantitative estimate of drug-likeness (QED) is 0.886. The summed E-state index contributed by atoms with van der Waals surface area (Å²) in [6, 6.07) is 8.63. The van der Waals surface area contributed by atoms with E-state index in [1.807, 2.05) is 0 Å². The van der Waals surface area contributed by atoms with Crippen LogP contribution in [0.1, 0.15) is 31.2 Å². The lowest BCUT2D eigenvalue weighted by Crippen LogP contribution is -2.32. The van der Waals surface area contributed by atoms with Crippen molar-refractivity contribution in [2.45, 2.75) is 32.1 Å². The van der Waals surface area contributed by atoms with Crippen molar-refractivity contribution in [2.75, 3.05) is 13.6 Å². The van der Waals surface area contributed by atoms with Gasteiger partial charge in [0.1, 0.15) is 0 Å². The maximum absolute atomic E-state index is 3.66. The number of hydrogen-bond donors (Lipinski definition) is 1. The van der Waals surface area contributed by atoms with Crippen LogP contribution in [-0.2, 0) is 6.42 Å². The van der Waals surface area contributed by atoms with Gasteiger partial charge in [0, 0.05) is 11.0 Å². The number of rotatable bonds is 4. The second kappa shape index (κ2) is 5.33. The fraction of sp³-hybridized carbons (Fsp3) is 0.571. The van der Waals surface area contributed by atoms with Crippen LogP contribution >= 0.6 is 15.9 Å². The Morgan fingerprint density at radius 3 is 2.56 bits per heavy atom. The van der Waals surface area contributed by atoms with E-state index in [0.29, 0.717) is 5.41 Å². The van der Waals surface area contributed by atoms with Crippen LogP contribution in [0.4, 0.5) is 0 Å². The summed E-state index contributed by atoms with van der Waals surface area (Å²) < 4.78 is 1.26. The van der Waals surface area contributed by atoms with Crippen LogP contribution in [0.3, 0.4) is 0 Å². The molecule has 0 bridgehead atoms. The molecule has 1 aromatic carbocycles. The van der Waals surface area contributed by atoms with Crippen LogP contribution in [-0.4, -0.2) is 13.6 Å². The second-order valence-corrected chi connectivity index (χ2v) is 5.86. The highest BCUT2D eigenvalue weighted by Crippen LogP contribution is 2.41. The van der Waals surface area contributed by atoms with Gasteiger partial charge in [-0.25, -0.2) is 0 Å². The highest BCUT2D eigenvalue weighted by Gasteiger charge is 2.33. The summed E-state index contributed by atoms with van der Waals surface area (Å²) in [7, 11) is 2.07. The van der Waals surface area contributed by atoms with Gasteiger partial charge in [-0.2, -0.15) is 0 Å². The topological polar surface area (TPSA) is 12.0 Å². The molecule has 0 amide bonds. The Morgan fingerprint density at radius 2 is 1.94 bits per heavy atom. The fourth-order valence-electron chi connectivity index (χ4n) is 2.96. The van der Waals surface area contributed by atoms with Gasteiger partial charge in [0.15, 0.2) is 0 Å². The summed E-state index contributed by atoms with van der Waals surface area (Å²) in [5.74, 6) is 0. The molecule has 0 heterocycles. The summed E-state index contributed by atoms with van der Waals surface area (Å²) >= 11 is 3.66. The Kier molecular flexibility index (Phi) is 4.04. The molecule has 0 aliphatic heterocycles. The van der Waals surface area contributed by atoms with E-state index in [1.165, 1.54) is 42.1 Å². The highest BCUT2D eigenvalue weighted by molar-refractivity contribution is 9.10. The first-order chi connectivity index (χ1) is 7.76. The van der Waals surface area contributed by atoms with E-state index < -0.39 is 0 Å². The first-order valence-corrected chi connectivity index (χ1v) is 6.93. The Morgan fingerprint density at radius 1 is 1.25 bits per heavy atom. The maximum Gasteiger partial charge on any atom is 0.0207 e. The number of halogens is 1. The van der Waals surface area contributed by atoms with Gasteiger partial charge in [0.05, 0.1) is 0 Å². The average molecular weight is 282 g/mol. The van der Waals surface area contributed by atoms with E-state index in [1.54, 1.807) is 0 Å². The summed E-state index contributed by atoms with van der Waals surface area (Å²) in [6.07, 6.45) is 6.73. The Hall–Kier alpha value is -0.340. The maximum atomic E-state index is 3.66. The van der Waals surface area contributed by atoms with Crippen molar-refractivity contribution in [2.24, 2.45) is 5.41 Å². The number of benzene rings is 1. The lowest BCUT2D eigenvalue weighted by Gasteiger charge is -2.29. The summed E-state index contributed by atoms with van der Waals surface area (Å²) in [6.45, 7) is 1.15. The molecule has 0 spiro atoms. The third-order valence-corrected chi connectivity index (χ3v) is 4.51. The molecule has 16 heavy (non-hydrogen) atoms. The van der Waals surface area contributed by atoms with Crippen LogP contribution < -0.4 is 5.32 Å². The normalized spacial score (nSPS) is 18.9. The fourth-order valence-corrected chi connectivity index (χ4v) is 3.39. The van der Waals surface area contributed by atoms with Crippen molar-refractivity contribution in [3.8, 4) is 0 Å². The minimum absolute atomic E-state index is 0.499. The zero-order chi connectivity index (χ0) is 11.4. The molecule has 0 aromatic heterocycles. The predicted octanol–water partition coefficient (Wildman–Crippen LogP) is 3.77. The minimum atomic E-state index is 0.499. The van der Waals surface area contributed by atoms with Gasteiger partial charge < -0.3 is 5.32 Å². The van der Waals surface area contributed by atoms with Gasteiger partial charge >= 0.3 is 0 Å². The van der Waals surface area contributed by atoms with E-state index in [-0.39, 0.29) is 0 Å². The van der Waals surface area contributed by atoms with Crippen molar-refractivity contribution in [3.63, 3.8) is 0 Å². The van der Waals surface area contributed by atoms with Gasteiger partial charge in [-0.3, -0.25) is 0 Å². The smallest absolute Gasteiger partial charge is 0.0207 e. The van der Waals surface area contributed by atoms with Crippen molar-refractivity contribution in [3.05, 3.63) is 34.3 Å². The molecular weight excluding hydrogens is 262 g/mol. The molecule has 2 rings (SSSR count). The second-order valence-electron chi connectivity index (χ2n) is 5.01. The van der Waals surface area contributed by atoms with E-state index >= 15 is 0 Å². The molecule has 0 atom stereocenters. The van der Waals surface area contributed by atoms with E-state index in [4.69, 9.17) is 0 Å². The largest absolute Gasteiger partial charge is 0.319 e. The first kappa shape index (κ1) is 12.1. The van der Waals surface area contributed by atoms with Crippen LogP contribution in [0.2, 0.25) is 0 Å². The molecule has 1 N–H and O–H groups in total. The first-order valence-electron chi connectivity index (χ1n) is 6.14. The summed E-state index contributed by atoms with van der Waals surface area (Å²) in [4.78, 5) is 0. The molecular formula is C14H20BrN. The number of nitrogens with one attached hydrogen (secondary N) is 1. The van der Waals surface area contributed by atoms with Gasteiger partial charge in [-0.15, -0.1) is 0 Å². The Balaban J connectivity index is 2.14. The molecule has 2 heteroatoms. The summed E-state index contributed by atoms with van der Waals surface area (Å²) in [5.41, 5.74) is 1.96. The van der Waals surface area contributed by atoms with E-state index in [9.17, 15) is 0 Å². The zero-order valence-electron chi connectivity index (χ0n) is 9.93. The van der Waals surface area contributed by atoms with Gasteiger partial charge in [0.2, 0.25) is 0 Å². The van der Waals surface area contributed by atoms with E-state index in [2.05, 4.69) is 52.6 Å². The third kappa shape index (κ3) is 2.67. The lowest BCUT2D eigenvalue weighted by atomic mass is 9.80. The van der Waals surface area contributed by atoms with Gasteiger partial charge in [-0.1, -0.05) is 47.0 Å². The third-order valence-electron chi connectivity index (χ3n) is 3.74. The molecule has 88 valence electrons. The van der Waals surface area contributed by atoms with Crippen LogP contribution in [0.5, 0.6) is 0 Å². The van der Waals surface area contributed by atoms with Crippen molar-refractivity contribution in [1.82, 2.24) is 5.32 Å². The zero-order valence-corrected chi connectivity index (χ0v) is 11.5. The van der Waals surface area contributed by atoms with Gasteiger partial charge in [0.25, 0.3) is 0 Å². The van der Waals surface area contributed by atoms with Crippen LogP contribution in [0, 0.1) is 5.41 Å². The summed E-state index contributed by atoms with van der Waals surface area (Å²) in [5, 5.41) is 3.37. The minimum Gasteiger partial charge on any atom is -0.319 e. The molecule has 0 unspecified atom stereocenters. The Labute approximate surface area is 107 Å². The highest BCUT2D eigenvalue weighted by atomic mass is 79.9.